The van der Waals surface area contributed by atoms with Crippen molar-refractivity contribution in [3.8, 4) is 22.6 Å². The molecule has 5 rings (SSSR count). The van der Waals surface area contributed by atoms with Crippen molar-refractivity contribution >= 4 is 33.4 Å². The van der Waals surface area contributed by atoms with Crippen LogP contribution >= 0.6 is 0 Å². The van der Waals surface area contributed by atoms with Crippen molar-refractivity contribution in [3.63, 3.8) is 0 Å². The molecule has 2 N–H and O–H groups in total. The van der Waals surface area contributed by atoms with E-state index in [1.54, 1.807) is 14.2 Å². The summed E-state index contributed by atoms with van der Waals surface area (Å²) in [6, 6.07) is 10.0. The molecule has 0 aliphatic carbocycles. The van der Waals surface area contributed by atoms with Gasteiger partial charge >= 0.3 is 0 Å². The maximum Gasteiger partial charge on any atom is 0.144 e. The number of benzene rings is 2. The van der Waals surface area contributed by atoms with E-state index < -0.39 is 0 Å². The van der Waals surface area contributed by atoms with Crippen LogP contribution in [-0.2, 0) is 0 Å². The topological polar surface area (TPSA) is 98.1 Å². The quantitative estimate of drug-likeness (QED) is 0.356. The lowest BCUT2D eigenvalue weighted by Gasteiger charge is -2.11. The number of nitrogens with one attached hydrogen (secondary N) is 2. The third-order valence-corrected chi connectivity index (χ3v) is 5.73. The molecule has 0 atom stereocenters. The molecule has 5 aromatic rings. The highest BCUT2D eigenvalue weighted by Crippen LogP contribution is 2.41. The van der Waals surface area contributed by atoms with Crippen LogP contribution in [0.5, 0.6) is 11.5 Å². The molecule has 0 saturated heterocycles. The van der Waals surface area contributed by atoms with Crippen molar-refractivity contribution < 1.29 is 14.0 Å². The molecule has 0 radical (unpaired) electrons. The summed E-state index contributed by atoms with van der Waals surface area (Å²) in [5.74, 6) is 3.62. The summed E-state index contributed by atoms with van der Waals surface area (Å²) in [4.78, 5) is 12.8. The smallest absolute Gasteiger partial charge is 0.144 e. The molecule has 0 amide bonds. The number of anilines is 2. The Morgan fingerprint density at radius 3 is 2.45 bits per heavy atom. The highest BCUT2D eigenvalue weighted by molar-refractivity contribution is 6.13. The summed E-state index contributed by atoms with van der Waals surface area (Å²) >= 11 is 0. The first kappa shape index (κ1) is 20.8. The zero-order valence-electron chi connectivity index (χ0n) is 19.5. The number of methoxy groups -OCH3 is 2. The average molecular weight is 444 g/mol. The van der Waals surface area contributed by atoms with Gasteiger partial charge in [-0.15, -0.1) is 0 Å². The van der Waals surface area contributed by atoms with Crippen molar-refractivity contribution in [1.82, 2.24) is 20.1 Å². The lowest BCUT2D eigenvalue weighted by molar-refractivity contribution is 0.393. The summed E-state index contributed by atoms with van der Waals surface area (Å²) in [7, 11) is 3.32. The minimum atomic E-state index is 0.661. The molecule has 168 valence electrons. The van der Waals surface area contributed by atoms with Gasteiger partial charge in [0.1, 0.15) is 34.5 Å². The number of ether oxygens (including phenoxy) is 2. The summed E-state index contributed by atoms with van der Waals surface area (Å²) in [5, 5.41) is 9.41. The van der Waals surface area contributed by atoms with Gasteiger partial charge in [0, 0.05) is 28.2 Å². The largest absolute Gasteiger partial charge is 0.497 e. The van der Waals surface area contributed by atoms with Crippen LogP contribution in [0, 0.1) is 27.7 Å². The Bertz CT molecular complexity index is 1500. The van der Waals surface area contributed by atoms with Gasteiger partial charge in [-0.2, -0.15) is 0 Å². The third kappa shape index (κ3) is 3.53. The van der Waals surface area contributed by atoms with E-state index in [1.165, 1.54) is 0 Å². The van der Waals surface area contributed by atoms with Crippen molar-refractivity contribution in [2.45, 2.75) is 27.7 Å². The van der Waals surface area contributed by atoms with Crippen LogP contribution < -0.4 is 14.8 Å². The van der Waals surface area contributed by atoms with Gasteiger partial charge in [0.2, 0.25) is 0 Å². The van der Waals surface area contributed by atoms with Gasteiger partial charge < -0.3 is 24.3 Å². The summed E-state index contributed by atoms with van der Waals surface area (Å²) in [6.07, 6.45) is 0. The van der Waals surface area contributed by atoms with E-state index in [0.717, 1.165) is 67.3 Å². The number of aromatic nitrogens is 4. The summed E-state index contributed by atoms with van der Waals surface area (Å²) < 4.78 is 16.6. The van der Waals surface area contributed by atoms with Gasteiger partial charge in [0.05, 0.1) is 30.9 Å². The van der Waals surface area contributed by atoms with E-state index in [4.69, 9.17) is 19.0 Å². The third-order valence-electron chi connectivity index (χ3n) is 5.73. The Labute approximate surface area is 190 Å². The van der Waals surface area contributed by atoms with E-state index in [2.05, 4.69) is 32.6 Å². The Hall–Kier alpha value is -4.07. The Kier molecular flexibility index (Phi) is 4.92. The molecule has 3 aromatic heterocycles. The highest BCUT2D eigenvalue weighted by atomic mass is 16.5. The lowest BCUT2D eigenvalue weighted by atomic mass is 10.0. The highest BCUT2D eigenvalue weighted by Gasteiger charge is 2.20. The molecular weight excluding hydrogens is 418 g/mol. The van der Waals surface area contributed by atoms with Crippen LogP contribution in [0.1, 0.15) is 22.8 Å². The van der Waals surface area contributed by atoms with E-state index in [1.807, 2.05) is 45.9 Å². The van der Waals surface area contributed by atoms with Crippen LogP contribution in [0.3, 0.4) is 0 Å². The zero-order chi connectivity index (χ0) is 23.3. The second-order valence-electron chi connectivity index (χ2n) is 8.13. The zero-order valence-corrected chi connectivity index (χ0v) is 19.5. The fraction of sp³-hybridized carbons (Fsp3) is 0.240. The average Bonchev–Trinajstić information content (AvgIpc) is 3.30. The van der Waals surface area contributed by atoms with Crippen LogP contribution in [0.4, 0.5) is 11.5 Å². The predicted molar refractivity (Wildman–Crippen MR) is 129 cm³/mol. The molecule has 0 aliphatic rings. The molecule has 8 nitrogen and oxygen atoms in total. The molecule has 0 bridgehead atoms. The minimum Gasteiger partial charge on any atom is -0.497 e. The van der Waals surface area contributed by atoms with Crippen molar-refractivity contribution in [2.24, 2.45) is 0 Å². The number of nitrogens with zero attached hydrogens (tertiary/aromatic N) is 3. The van der Waals surface area contributed by atoms with Gasteiger partial charge in [0.15, 0.2) is 0 Å². The van der Waals surface area contributed by atoms with Crippen molar-refractivity contribution in [2.75, 3.05) is 19.5 Å². The van der Waals surface area contributed by atoms with Crippen LogP contribution in [0.25, 0.3) is 33.1 Å². The van der Waals surface area contributed by atoms with E-state index in [0.29, 0.717) is 11.6 Å². The fourth-order valence-electron chi connectivity index (χ4n) is 4.33. The molecule has 0 saturated carbocycles. The first-order valence-corrected chi connectivity index (χ1v) is 10.6. The van der Waals surface area contributed by atoms with E-state index >= 15 is 0 Å². The van der Waals surface area contributed by atoms with Crippen LogP contribution in [0.15, 0.2) is 34.9 Å². The summed E-state index contributed by atoms with van der Waals surface area (Å²) in [5.41, 5.74) is 6.30. The standard InChI is InChI=1S/C25H25N5O3/c1-12-7-16(9-17(8-12)31-5)28-24-23-18-11-21(32-6)19(22-13(2)30-33-14(22)3)10-20(18)29-25(23)27-15(4)26-24/h7-11H,1-6H3,(H2,26,27,28,29). The van der Waals surface area contributed by atoms with E-state index in [9.17, 15) is 0 Å². The maximum atomic E-state index is 5.77. The monoisotopic (exact) mass is 443 g/mol. The van der Waals surface area contributed by atoms with Gasteiger partial charge in [-0.3, -0.25) is 0 Å². The second-order valence-corrected chi connectivity index (χ2v) is 8.13. The molecule has 0 unspecified atom stereocenters. The number of aryl methyl sites for hydroxylation is 4. The van der Waals surface area contributed by atoms with Gasteiger partial charge in [0.25, 0.3) is 0 Å². The summed E-state index contributed by atoms with van der Waals surface area (Å²) in [6.45, 7) is 7.73. The first-order chi connectivity index (χ1) is 15.9. The van der Waals surface area contributed by atoms with Gasteiger partial charge in [-0.05, 0) is 57.5 Å². The van der Waals surface area contributed by atoms with Crippen molar-refractivity contribution in [3.05, 3.63) is 53.2 Å². The Balaban J connectivity index is 1.73. The number of fused-ring (bicyclic) bond motifs is 3. The maximum absolute atomic E-state index is 5.77. The fourth-order valence-corrected chi connectivity index (χ4v) is 4.33. The SMILES string of the molecule is COc1cc(C)cc(Nc2nc(C)nc3[nH]c4cc(-c5c(C)noc5C)c(OC)cc4c23)c1. The molecule has 0 spiro atoms. The van der Waals surface area contributed by atoms with Crippen LogP contribution in [0.2, 0.25) is 0 Å². The minimum absolute atomic E-state index is 0.661. The number of H-pyrrole nitrogens is 1. The Morgan fingerprint density at radius 2 is 1.76 bits per heavy atom. The van der Waals surface area contributed by atoms with Gasteiger partial charge in [-0.1, -0.05) is 5.16 Å². The number of aromatic amines is 1. The molecule has 8 heteroatoms. The predicted octanol–water partition coefficient (Wildman–Crippen LogP) is 5.76. The number of hydrogen-bond donors (Lipinski definition) is 2. The molecule has 3 heterocycles. The van der Waals surface area contributed by atoms with Crippen molar-refractivity contribution in [1.29, 1.82) is 0 Å². The number of hydrogen-bond acceptors (Lipinski definition) is 7. The first-order valence-electron chi connectivity index (χ1n) is 10.6. The Morgan fingerprint density at radius 1 is 0.939 bits per heavy atom. The molecular formula is C25H25N5O3. The second kappa shape index (κ2) is 7.81. The van der Waals surface area contributed by atoms with Crippen LogP contribution in [-0.4, -0.2) is 34.3 Å². The number of rotatable bonds is 5. The molecule has 2 aromatic carbocycles. The lowest BCUT2D eigenvalue weighted by Crippen LogP contribution is -1.99. The molecule has 33 heavy (non-hydrogen) atoms. The molecule has 0 fully saturated rings. The normalized spacial score (nSPS) is 11.3. The van der Waals surface area contributed by atoms with E-state index in [-0.39, 0.29) is 0 Å². The molecule has 0 aliphatic heterocycles. The van der Waals surface area contributed by atoms with Gasteiger partial charge in [-0.25, -0.2) is 9.97 Å².